The van der Waals surface area contributed by atoms with Gasteiger partial charge < -0.3 is 29.3 Å². The minimum absolute atomic E-state index is 0. The highest BCUT2D eigenvalue weighted by Gasteiger charge is 2.26. The van der Waals surface area contributed by atoms with Crippen LogP contribution in [-0.2, 0) is 9.47 Å². The third-order valence-corrected chi connectivity index (χ3v) is 4.92. The molecule has 38 heavy (non-hydrogen) atoms. The minimum atomic E-state index is -1.63. The average Bonchev–Trinajstić information content (AvgIpc) is 2.85. The molecule has 0 radical (unpaired) electrons. The summed E-state index contributed by atoms with van der Waals surface area (Å²) in [6, 6.07) is 5.64. The van der Waals surface area contributed by atoms with Gasteiger partial charge in [-0.3, -0.25) is 0 Å². The second-order valence-corrected chi connectivity index (χ2v) is 8.83. The van der Waals surface area contributed by atoms with Crippen molar-refractivity contribution in [3.63, 3.8) is 0 Å². The normalized spacial score (nSPS) is 12.6. The van der Waals surface area contributed by atoms with Crippen molar-refractivity contribution >= 4 is 42.1 Å². The number of nitrogens with zero attached hydrogens (tertiary/aromatic N) is 4. The maximum atomic E-state index is 12.2. The number of halogens is 2. The molecule has 0 atom stereocenters. The van der Waals surface area contributed by atoms with Gasteiger partial charge in [0.05, 0.1) is 12.2 Å². The Bertz CT molecular complexity index is 1020. The van der Waals surface area contributed by atoms with E-state index in [0.717, 1.165) is 6.07 Å². The van der Waals surface area contributed by atoms with Crippen LogP contribution in [-0.4, -0.2) is 82.5 Å². The first kappa shape index (κ1) is 35.0. The van der Waals surface area contributed by atoms with E-state index in [1.165, 1.54) is 12.3 Å². The van der Waals surface area contributed by atoms with E-state index in [1.54, 1.807) is 24.0 Å². The van der Waals surface area contributed by atoms with Gasteiger partial charge in [-0.2, -0.15) is 4.39 Å². The van der Waals surface area contributed by atoms with Crippen molar-refractivity contribution in [3.05, 3.63) is 47.1 Å². The van der Waals surface area contributed by atoms with Crippen LogP contribution in [0.1, 0.15) is 59.3 Å². The van der Waals surface area contributed by atoms with Gasteiger partial charge in [0.15, 0.2) is 0 Å². The summed E-state index contributed by atoms with van der Waals surface area (Å²) < 4.78 is 22.5. The zero-order valence-corrected chi connectivity index (χ0v) is 22.8. The highest BCUT2D eigenvalue weighted by atomic mass is 35.5. The lowest BCUT2D eigenvalue weighted by molar-refractivity contribution is 0.0240. The van der Waals surface area contributed by atoms with Gasteiger partial charge in [0.25, 0.3) is 0 Å². The molecular weight excluding hydrogens is 518 g/mol. The summed E-state index contributed by atoms with van der Waals surface area (Å²) in [6.07, 6.45) is 0.861. The maximum Gasteiger partial charge on any atom is 0.488 e. The molecule has 0 aromatic carbocycles. The predicted molar refractivity (Wildman–Crippen MR) is 147 cm³/mol. The van der Waals surface area contributed by atoms with Crippen LogP contribution in [0.25, 0.3) is 0 Å². The summed E-state index contributed by atoms with van der Waals surface area (Å²) in [6.45, 7) is 13.8. The van der Waals surface area contributed by atoms with E-state index in [4.69, 9.17) is 31.1 Å². The number of amides is 1. The van der Waals surface area contributed by atoms with Gasteiger partial charge in [-0.1, -0.05) is 32.9 Å². The molecule has 212 valence electrons. The maximum absolute atomic E-state index is 12.2. The second kappa shape index (κ2) is 16.8. The molecule has 1 aliphatic heterocycles. The topological polar surface area (TPSA) is 125 Å². The van der Waals surface area contributed by atoms with Crippen molar-refractivity contribution in [2.45, 2.75) is 54.6 Å². The lowest BCUT2D eigenvalue weighted by Gasteiger charge is -2.36. The van der Waals surface area contributed by atoms with Gasteiger partial charge in [-0.05, 0) is 57.4 Å². The van der Waals surface area contributed by atoms with Crippen molar-refractivity contribution in [2.24, 2.45) is 0 Å². The first-order valence-corrected chi connectivity index (χ1v) is 12.3. The quantitative estimate of drug-likeness (QED) is 0.330. The number of rotatable bonds is 4. The van der Waals surface area contributed by atoms with Crippen LogP contribution in [0, 0.1) is 5.95 Å². The number of esters is 1. The van der Waals surface area contributed by atoms with Gasteiger partial charge in [0.2, 0.25) is 5.95 Å². The van der Waals surface area contributed by atoms with E-state index in [-0.39, 0.29) is 36.3 Å². The number of hydrogen-bond donors (Lipinski definition) is 2. The number of carbonyl (C=O) groups is 2. The molecule has 1 aliphatic rings. The van der Waals surface area contributed by atoms with Crippen LogP contribution in [0.4, 0.5) is 15.0 Å². The Morgan fingerprint density at radius 2 is 1.74 bits per heavy atom. The fraction of sp³-hybridized carbons (Fsp3) is 0.520. The van der Waals surface area contributed by atoms with Gasteiger partial charge in [-0.15, -0.1) is 0 Å². The van der Waals surface area contributed by atoms with Crippen LogP contribution in [0.2, 0.25) is 5.15 Å². The van der Waals surface area contributed by atoms with Crippen LogP contribution >= 0.6 is 11.6 Å². The van der Waals surface area contributed by atoms with Crippen LogP contribution in [0.3, 0.4) is 0 Å². The Kier molecular flexibility index (Phi) is 15.5. The zero-order chi connectivity index (χ0) is 28.2. The van der Waals surface area contributed by atoms with Crippen molar-refractivity contribution in [3.8, 4) is 0 Å². The Morgan fingerprint density at radius 1 is 1.13 bits per heavy atom. The first-order chi connectivity index (χ1) is 17.4. The van der Waals surface area contributed by atoms with E-state index < -0.39 is 24.6 Å². The largest absolute Gasteiger partial charge is 0.488 e. The Labute approximate surface area is 229 Å². The lowest BCUT2D eigenvalue weighted by Crippen LogP contribution is -2.50. The fourth-order valence-electron chi connectivity index (χ4n) is 2.98. The van der Waals surface area contributed by atoms with Gasteiger partial charge in [0.1, 0.15) is 16.6 Å². The molecule has 2 aromatic heterocycles. The van der Waals surface area contributed by atoms with Crippen LogP contribution < -0.4 is 10.4 Å². The van der Waals surface area contributed by atoms with Gasteiger partial charge >= 0.3 is 19.2 Å². The third kappa shape index (κ3) is 11.6. The number of hydrogen-bond acceptors (Lipinski definition) is 9. The predicted octanol–water partition coefficient (Wildman–Crippen LogP) is 3.53. The van der Waals surface area contributed by atoms with Crippen molar-refractivity contribution in [1.82, 2.24) is 14.9 Å². The molecule has 1 saturated heterocycles. The number of pyridine rings is 2. The first-order valence-electron chi connectivity index (χ1n) is 12.0. The van der Waals surface area contributed by atoms with Crippen molar-refractivity contribution in [2.75, 3.05) is 37.7 Å². The number of carbonyl (C=O) groups excluding carboxylic acids is 2. The van der Waals surface area contributed by atoms with Gasteiger partial charge in [-0.25, -0.2) is 19.6 Å². The summed E-state index contributed by atoms with van der Waals surface area (Å²) >= 11 is 6.11. The molecule has 3 heterocycles. The van der Waals surface area contributed by atoms with E-state index in [1.807, 2.05) is 39.5 Å². The summed E-state index contributed by atoms with van der Waals surface area (Å²) in [5.74, 6) is -0.534. The van der Waals surface area contributed by atoms with Crippen LogP contribution in [0.5, 0.6) is 0 Å². The Hall–Kier alpha value is -2.96. The highest BCUT2D eigenvalue weighted by molar-refractivity contribution is 6.58. The molecule has 0 bridgehead atoms. The Morgan fingerprint density at radius 3 is 2.18 bits per heavy atom. The molecule has 1 fully saturated rings. The molecule has 0 aliphatic carbocycles. The zero-order valence-electron chi connectivity index (χ0n) is 22.1. The monoisotopic (exact) mass is 556 g/mol. The smallest absolute Gasteiger partial charge is 0.462 e. The lowest BCUT2D eigenvalue weighted by atomic mass is 9.81. The molecule has 1 amide bonds. The summed E-state index contributed by atoms with van der Waals surface area (Å²) in [5, 5.41) is 17.1. The van der Waals surface area contributed by atoms with E-state index in [2.05, 4.69) is 9.97 Å². The summed E-state index contributed by atoms with van der Waals surface area (Å²) in [4.78, 5) is 35.1. The minimum Gasteiger partial charge on any atom is -0.462 e. The second-order valence-electron chi connectivity index (χ2n) is 8.47. The number of ether oxygens (including phenoxy) is 2. The summed E-state index contributed by atoms with van der Waals surface area (Å²) in [7, 11) is -1.63. The number of piperazine rings is 1. The van der Waals surface area contributed by atoms with E-state index in [9.17, 15) is 14.0 Å². The highest BCUT2D eigenvalue weighted by Crippen LogP contribution is 2.22. The average molecular weight is 557 g/mol. The van der Waals surface area contributed by atoms with Gasteiger partial charge in [0, 0.05) is 32.4 Å². The number of aromatic nitrogens is 2. The molecule has 2 aromatic rings. The molecule has 10 nitrogen and oxygen atoms in total. The third-order valence-electron chi connectivity index (χ3n) is 4.63. The molecule has 3 rings (SSSR count). The molecule has 2 N–H and O–H groups in total. The summed E-state index contributed by atoms with van der Waals surface area (Å²) in [5.41, 5.74) is -0.154. The molecule has 0 saturated carbocycles. The SMILES string of the molecule is C.CC.CCOC(=O)c1ccc(N2CCN(C(=O)OC(C)(C)C)CC2)nc1Cl.OB(O)c1ccnc(F)c1. The van der Waals surface area contributed by atoms with Crippen molar-refractivity contribution in [1.29, 1.82) is 0 Å². The number of anilines is 1. The molecule has 0 unspecified atom stereocenters. The molecular formula is C25H39BClFN4O6. The fourth-order valence-corrected chi connectivity index (χ4v) is 3.21. The standard InChI is InChI=1S/C17H24ClN3O4.C5H5BFNO2.C2H6.CH4/c1-5-24-15(22)12-6-7-13(19-14(12)18)20-8-10-21(11-9-20)16(23)25-17(2,3)4;7-5-3-4(6(9)10)1-2-8-5;1-2;/h6-7H,5,8-11H2,1-4H3;1-3,9-10H;1-2H3;1H4. The molecule has 0 spiro atoms. The van der Waals surface area contributed by atoms with Crippen LogP contribution in [0.15, 0.2) is 30.5 Å². The van der Waals surface area contributed by atoms with Crippen molar-refractivity contribution < 1.29 is 33.5 Å². The molecule has 13 heteroatoms. The Balaban J connectivity index is 0.000000882. The van der Waals surface area contributed by atoms with E-state index >= 15 is 0 Å². The van der Waals surface area contributed by atoms with E-state index in [0.29, 0.717) is 32.0 Å².